The molecular formula is C15H18O3. The van der Waals surface area contributed by atoms with Crippen molar-refractivity contribution in [3.63, 3.8) is 0 Å². The van der Waals surface area contributed by atoms with Crippen LogP contribution in [0.1, 0.15) is 38.0 Å². The minimum Gasteiger partial charge on any atom is -0.347 e. The molecule has 0 spiro atoms. The van der Waals surface area contributed by atoms with Crippen LogP contribution in [0.2, 0.25) is 0 Å². The minimum absolute atomic E-state index is 0.00212. The van der Waals surface area contributed by atoms with Crippen LogP contribution >= 0.6 is 0 Å². The fraction of sp³-hybridized carbons (Fsp3) is 0.533. The highest BCUT2D eigenvalue weighted by Crippen LogP contribution is 2.43. The third kappa shape index (κ3) is 1.88. The first-order valence-electron chi connectivity index (χ1n) is 6.55. The Balaban J connectivity index is 1.80. The maximum atomic E-state index is 12.0. The van der Waals surface area contributed by atoms with Gasteiger partial charge in [0.1, 0.15) is 5.78 Å². The number of rotatable bonds is 1. The second kappa shape index (κ2) is 4.48. The lowest BCUT2D eigenvalue weighted by atomic mass is 9.72. The molecule has 0 amide bonds. The molecule has 96 valence electrons. The lowest BCUT2D eigenvalue weighted by Gasteiger charge is -2.45. The molecule has 2 aliphatic rings. The van der Waals surface area contributed by atoms with Crippen molar-refractivity contribution in [2.24, 2.45) is 5.41 Å². The minimum atomic E-state index is -0.441. The van der Waals surface area contributed by atoms with E-state index in [0.717, 1.165) is 18.4 Å². The maximum Gasteiger partial charge on any atom is 0.184 e. The Morgan fingerprint density at radius 2 is 2.06 bits per heavy atom. The Morgan fingerprint density at radius 1 is 1.28 bits per heavy atom. The van der Waals surface area contributed by atoms with E-state index < -0.39 is 5.41 Å². The van der Waals surface area contributed by atoms with Crippen molar-refractivity contribution < 1.29 is 14.3 Å². The average Bonchev–Trinajstić information content (AvgIpc) is 2.41. The lowest BCUT2D eigenvalue weighted by Crippen LogP contribution is -2.52. The summed E-state index contributed by atoms with van der Waals surface area (Å²) in [5, 5.41) is 0. The van der Waals surface area contributed by atoms with Crippen LogP contribution in [-0.4, -0.2) is 18.5 Å². The number of Topliss-reactive ketones (excluding diaryl/α,β-unsaturated/α-hetero) is 1. The van der Waals surface area contributed by atoms with Crippen molar-refractivity contribution in [1.29, 1.82) is 0 Å². The zero-order chi connectivity index (χ0) is 12.6. The maximum absolute atomic E-state index is 12.0. The second-order valence-corrected chi connectivity index (χ2v) is 5.41. The largest absolute Gasteiger partial charge is 0.347 e. The Morgan fingerprint density at radius 3 is 2.83 bits per heavy atom. The topological polar surface area (TPSA) is 35.5 Å². The molecule has 3 nitrogen and oxygen atoms in total. The van der Waals surface area contributed by atoms with E-state index in [2.05, 4.69) is 0 Å². The van der Waals surface area contributed by atoms with Gasteiger partial charge in [0.05, 0.1) is 18.1 Å². The van der Waals surface area contributed by atoms with E-state index in [1.165, 1.54) is 0 Å². The van der Waals surface area contributed by atoms with Crippen LogP contribution in [0.25, 0.3) is 0 Å². The molecule has 3 rings (SSSR count). The molecule has 0 radical (unpaired) electrons. The van der Waals surface area contributed by atoms with Gasteiger partial charge < -0.3 is 9.47 Å². The number of carbonyl (C=O) groups excluding carboxylic acids is 1. The van der Waals surface area contributed by atoms with E-state index in [9.17, 15) is 4.79 Å². The van der Waals surface area contributed by atoms with Crippen molar-refractivity contribution in [1.82, 2.24) is 0 Å². The fourth-order valence-corrected chi connectivity index (χ4v) is 2.85. The van der Waals surface area contributed by atoms with Crippen molar-refractivity contribution in [3.05, 3.63) is 35.9 Å². The standard InChI is InChI=1S/C15H18O3/c1-15-10-17-14(11-6-3-2-4-7-11)18-13(15)9-5-8-12(15)16/h2-4,6-7,13-14H,5,8-10H2,1H3/t13-,14+,15+/m0/s1. The molecule has 1 heterocycles. The van der Waals surface area contributed by atoms with E-state index in [1.54, 1.807) is 0 Å². The number of ketones is 1. The molecule has 1 saturated heterocycles. The molecule has 2 fully saturated rings. The third-order valence-corrected chi connectivity index (χ3v) is 4.11. The Labute approximate surface area is 107 Å². The van der Waals surface area contributed by atoms with Crippen LogP contribution in [0.4, 0.5) is 0 Å². The quantitative estimate of drug-likeness (QED) is 0.764. The molecule has 1 aromatic rings. The van der Waals surface area contributed by atoms with E-state index in [0.29, 0.717) is 13.0 Å². The Hall–Kier alpha value is -1.19. The molecule has 1 aliphatic heterocycles. The summed E-state index contributed by atoms with van der Waals surface area (Å²) in [4.78, 5) is 12.0. The highest BCUT2D eigenvalue weighted by atomic mass is 16.7. The molecule has 1 aliphatic carbocycles. The van der Waals surface area contributed by atoms with Crippen LogP contribution in [0.15, 0.2) is 30.3 Å². The first-order valence-corrected chi connectivity index (χ1v) is 6.55. The van der Waals surface area contributed by atoms with Gasteiger partial charge in [0.2, 0.25) is 0 Å². The van der Waals surface area contributed by atoms with Crippen LogP contribution in [0.5, 0.6) is 0 Å². The summed E-state index contributed by atoms with van der Waals surface area (Å²) < 4.78 is 11.8. The van der Waals surface area contributed by atoms with Crippen LogP contribution < -0.4 is 0 Å². The molecule has 1 saturated carbocycles. The summed E-state index contributed by atoms with van der Waals surface area (Å²) in [6.45, 7) is 2.44. The normalized spacial score (nSPS) is 36.2. The second-order valence-electron chi connectivity index (χ2n) is 5.41. The average molecular weight is 246 g/mol. The fourth-order valence-electron chi connectivity index (χ4n) is 2.85. The van der Waals surface area contributed by atoms with Crippen molar-refractivity contribution >= 4 is 5.78 Å². The van der Waals surface area contributed by atoms with Crippen LogP contribution in [0, 0.1) is 5.41 Å². The van der Waals surface area contributed by atoms with E-state index in [-0.39, 0.29) is 18.2 Å². The number of fused-ring (bicyclic) bond motifs is 1. The van der Waals surface area contributed by atoms with Gasteiger partial charge in [-0.2, -0.15) is 0 Å². The van der Waals surface area contributed by atoms with Gasteiger partial charge in [-0.3, -0.25) is 4.79 Å². The van der Waals surface area contributed by atoms with Crippen LogP contribution in [-0.2, 0) is 14.3 Å². The van der Waals surface area contributed by atoms with Crippen LogP contribution in [0.3, 0.4) is 0 Å². The van der Waals surface area contributed by atoms with Gasteiger partial charge in [0.15, 0.2) is 6.29 Å². The molecule has 3 atom stereocenters. The Kier molecular flexibility index (Phi) is 2.96. The van der Waals surface area contributed by atoms with E-state index in [4.69, 9.17) is 9.47 Å². The smallest absolute Gasteiger partial charge is 0.184 e. The highest BCUT2D eigenvalue weighted by molar-refractivity contribution is 5.86. The summed E-state index contributed by atoms with van der Waals surface area (Å²) in [7, 11) is 0. The first kappa shape index (κ1) is 11.9. The molecule has 0 bridgehead atoms. The molecule has 1 aromatic carbocycles. The van der Waals surface area contributed by atoms with Crippen molar-refractivity contribution in [2.75, 3.05) is 6.61 Å². The van der Waals surface area contributed by atoms with Crippen molar-refractivity contribution in [3.8, 4) is 0 Å². The summed E-state index contributed by atoms with van der Waals surface area (Å²) in [5.41, 5.74) is 0.585. The van der Waals surface area contributed by atoms with E-state index >= 15 is 0 Å². The molecule has 0 N–H and O–H groups in total. The SMILES string of the molecule is C[C@]12CO[C@@H](c3ccccc3)O[C@H]1CCCC2=O. The van der Waals surface area contributed by atoms with Crippen molar-refractivity contribution in [2.45, 2.75) is 38.6 Å². The molecule has 18 heavy (non-hydrogen) atoms. The zero-order valence-electron chi connectivity index (χ0n) is 10.6. The number of hydrogen-bond donors (Lipinski definition) is 0. The number of carbonyl (C=O) groups is 1. The molecular weight excluding hydrogens is 228 g/mol. The number of hydrogen-bond acceptors (Lipinski definition) is 3. The van der Waals surface area contributed by atoms with Gasteiger partial charge in [0.25, 0.3) is 0 Å². The summed E-state index contributed by atoms with van der Waals surface area (Å²) in [6, 6.07) is 9.92. The Bertz CT molecular complexity index is 442. The molecule has 3 heteroatoms. The summed E-state index contributed by atoms with van der Waals surface area (Å²) >= 11 is 0. The number of ether oxygens (including phenoxy) is 2. The van der Waals surface area contributed by atoms with E-state index in [1.807, 2.05) is 37.3 Å². The summed E-state index contributed by atoms with van der Waals surface area (Å²) in [5.74, 6) is 0.283. The van der Waals surface area contributed by atoms with Gasteiger partial charge in [0, 0.05) is 12.0 Å². The van der Waals surface area contributed by atoms with Gasteiger partial charge in [-0.1, -0.05) is 30.3 Å². The molecule has 0 aromatic heterocycles. The zero-order valence-corrected chi connectivity index (χ0v) is 10.6. The lowest BCUT2D eigenvalue weighted by molar-refractivity contribution is -0.267. The first-order chi connectivity index (χ1) is 8.70. The third-order valence-electron chi connectivity index (χ3n) is 4.11. The monoisotopic (exact) mass is 246 g/mol. The summed E-state index contributed by atoms with van der Waals surface area (Å²) in [6.07, 6.45) is 2.22. The highest BCUT2D eigenvalue weighted by Gasteiger charge is 2.48. The van der Waals surface area contributed by atoms with Gasteiger partial charge >= 0.3 is 0 Å². The van der Waals surface area contributed by atoms with Gasteiger partial charge in [-0.25, -0.2) is 0 Å². The van der Waals surface area contributed by atoms with Gasteiger partial charge in [-0.05, 0) is 19.8 Å². The van der Waals surface area contributed by atoms with Gasteiger partial charge in [-0.15, -0.1) is 0 Å². The number of benzene rings is 1. The predicted molar refractivity (Wildman–Crippen MR) is 67.0 cm³/mol. The predicted octanol–water partition coefficient (Wildman–Crippen LogP) is 2.86. The molecule has 0 unspecified atom stereocenters.